The molecule has 2 fully saturated rings. The molecule has 4 N–H and O–H groups in total. The molecule has 1 saturated carbocycles. The van der Waals surface area contributed by atoms with Crippen molar-refractivity contribution in [1.29, 1.82) is 0 Å². The predicted molar refractivity (Wildman–Crippen MR) is 118 cm³/mol. The van der Waals surface area contributed by atoms with Crippen LogP contribution in [-0.2, 0) is 28.7 Å². The Hall–Kier alpha value is -2.69. The fraction of sp³-hybridized carbons (Fsp3) is 0.773. The maximum atomic E-state index is 13.4. The van der Waals surface area contributed by atoms with E-state index >= 15 is 0 Å². The number of Topliss-reactive ketones (excluding diaryl/α,β-unsaturated/α-hetero) is 1. The maximum absolute atomic E-state index is 13.4. The topological polar surface area (TPSA) is 157 Å². The molecule has 1 aliphatic carbocycles. The van der Waals surface area contributed by atoms with E-state index in [1.165, 1.54) is 4.90 Å². The van der Waals surface area contributed by atoms with Gasteiger partial charge in [0.1, 0.15) is 11.6 Å². The third-order valence-corrected chi connectivity index (χ3v) is 5.31. The van der Waals surface area contributed by atoms with Crippen LogP contribution in [0.2, 0.25) is 0 Å². The van der Waals surface area contributed by atoms with Gasteiger partial charge in [-0.3, -0.25) is 19.2 Å². The van der Waals surface area contributed by atoms with Gasteiger partial charge in [-0.25, -0.2) is 4.79 Å². The summed E-state index contributed by atoms with van der Waals surface area (Å²) >= 11 is 0. The van der Waals surface area contributed by atoms with Gasteiger partial charge in [-0.1, -0.05) is 33.6 Å². The van der Waals surface area contributed by atoms with Crippen molar-refractivity contribution in [3.8, 4) is 0 Å². The molecule has 2 rings (SSSR count). The summed E-state index contributed by atoms with van der Waals surface area (Å²) in [5, 5.41) is 5.13. The Morgan fingerprint density at radius 2 is 1.67 bits per heavy atom. The summed E-state index contributed by atoms with van der Waals surface area (Å²) < 4.78 is 10.8. The zero-order valence-electron chi connectivity index (χ0n) is 20.2. The molecule has 1 aliphatic heterocycles. The van der Waals surface area contributed by atoms with Crippen LogP contribution in [0.4, 0.5) is 4.79 Å². The van der Waals surface area contributed by atoms with Gasteiger partial charge in [-0.15, -0.1) is 0 Å². The van der Waals surface area contributed by atoms with Crippen molar-refractivity contribution in [1.82, 2.24) is 15.5 Å². The van der Waals surface area contributed by atoms with Crippen LogP contribution in [0.3, 0.4) is 0 Å². The van der Waals surface area contributed by atoms with E-state index in [1.54, 1.807) is 41.5 Å². The lowest BCUT2D eigenvalue weighted by molar-refractivity contribution is -0.151. The van der Waals surface area contributed by atoms with Crippen LogP contribution in [0.15, 0.2) is 0 Å². The molecular weight excluding hydrogens is 432 g/mol. The normalized spacial score (nSPS) is 20.5. The van der Waals surface area contributed by atoms with Gasteiger partial charge in [-0.05, 0) is 38.5 Å². The van der Waals surface area contributed by atoms with Crippen LogP contribution >= 0.6 is 0 Å². The first-order chi connectivity index (χ1) is 15.1. The molecule has 0 aromatic heterocycles. The molecule has 33 heavy (non-hydrogen) atoms. The SMILES string of the molecule is CC(C)(C)OC(=O)NC(C(=O)N1CCOC1C(=O)NC(CC1CC1)C(=O)C(N)=O)C(C)(C)C. The van der Waals surface area contributed by atoms with Crippen LogP contribution in [0.5, 0.6) is 0 Å². The number of primary amides is 1. The third-order valence-electron chi connectivity index (χ3n) is 5.31. The van der Waals surface area contributed by atoms with Crippen molar-refractivity contribution < 1.29 is 33.4 Å². The molecule has 0 bridgehead atoms. The lowest BCUT2D eigenvalue weighted by Crippen LogP contribution is -2.59. The molecule has 0 aromatic carbocycles. The van der Waals surface area contributed by atoms with Gasteiger partial charge in [0.25, 0.3) is 11.8 Å². The number of nitrogens with zero attached hydrogens (tertiary/aromatic N) is 1. The lowest BCUT2D eigenvalue weighted by atomic mass is 9.85. The van der Waals surface area contributed by atoms with Crippen molar-refractivity contribution in [2.75, 3.05) is 13.2 Å². The van der Waals surface area contributed by atoms with Crippen LogP contribution in [-0.4, -0.2) is 71.6 Å². The highest BCUT2D eigenvalue weighted by Crippen LogP contribution is 2.33. The fourth-order valence-corrected chi connectivity index (χ4v) is 3.49. The second-order valence-electron chi connectivity index (χ2n) is 10.7. The summed E-state index contributed by atoms with van der Waals surface area (Å²) in [6, 6.07) is -2.07. The summed E-state index contributed by atoms with van der Waals surface area (Å²) in [4.78, 5) is 63.4. The highest BCUT2D eigenvalue weighted by molar-refractivity contribution is 6.37. The number of amides is 4. The summed E-state index contributed by atoms with van der Waals surface area (Å²) in [7, 11) is 0. The number of hydrogen-bond donors (Lipinski definition) is 3. The summed E-state index contributed by atoms with van der Waals surface area (Å²) in [6.45, 7) is 10.7. The lowest BCUT2D eigenvalue weighted by Gasteiger charge is -2.35. The second-order valence-corrected chi connectivity index (χ2v) is 10.7. The molecule has 11 nitrogen and oxygen atoms in total. The van der Waals surface area contributed by atoms with Crippen molar-refractivity contribution in [2.45, 2.75) is 84.7 Å². The first kappa shape index (κ1) is 26.6. The molecule has 11 heteroatoms. The average molecular weight is 469 g/mol. The Balaban J connectivity index is 2.15. The summed E-state index contributed by atoms with van der Waals surface area (Å²) in [5.74, 6) is -3.01. The van der Waals surface area contributed by atoms with E-state index < -0.39 is 58.9 Å². The van der Waals surface area contributed by atoms with Gasteiger partial charge < -0.3 is 30.7 Å². The Morgan fingerprint density at radius 1 is 1.06 bits per heavy atom. The average Bonchev–Trinajstić information content (AvgIpc) is 3.33. The first-order valence-corrected chi connectivity index (χ1v) is 11.2. The van der Waals surface area contributed by atoms with Gasteiger partial charge in [0.2, 0.25) is 17.9 Å². The quantitative estimate of drug-likeness (QED) is 0.436. The molecule has 2 aliphatic rings. The largest absolute Gasteiger partial charge is 0.444 e. The van der Waals surface area contributed by atoms with Crippen molar-refractivity contribution in [2.24, 2.45) is 17.1 Å². The van der Waals surface area contributed by atoms with Gasteiger partial charge in [-0.2, -0.15) is 0 Å². The molecule has 4 amide bonds. The highest BCUT2D eigenvalue weighted by atomic mass is 16.6. The predicted octanol–water partition coefficient (Wildman–Crippen LogP) is 0.450. The molecule has 0 aromatic rings. The minimum atomic E-state index is -1.30. The first-order valence-electron chi connectivity index (χ1n) is 11.2. The number of hydrogen-bond acceptors (Lipinski definition) is 7. The third kappa shape index (κ3) is 7.69. The maximum Gasteiger partial charge on any atom is 0.408 e. The van der Waals surface area contributed by atoms with E-state index in [1.807, 2.05) is 0 Å². The highest BCUT2D eigenvalue weighted by Gasteiger charge is 2.44. The van der Waals surface area contributed by atoms with Crippen molar-refractivity contribution in [3.05, 3.63) is 0 Å². The van der Waals surface area contributed by atoms with Crippen LogP contribution in [0.1, 0.15) is 60.8 Å². The zero-order chi connectivity index (χ0) is 25.1. The van der Waals surface area contributed by atoms with Gasteiger partial charge >= 0.3 is 6.09 Å². The van der Waals surface area contributed by atoms with Gasteiger partial charge in [0.15, 0.2) is 0 Å². The van der Waals surface area contributed by atoms with E-state index in [-0.39, 0.29) is 19.1 Å². The number of carbonyl (C=O) groups is 5. The molecule has 3 atom stereocenters. The molecule has 3 unspecified atom stereocenters. The van der Waals surface area contributed by atoms with Crippen LogP contribution in [0, 0.1) is 11.3 Å². The van der Waals surface area contributed by atoms with Crippen molar-refractivity contribution >= 4 is 29.6 Å². The molecule has 1 heterocycles. The molecule has 1 saturated heterocycles. The Morgan fingerprint density at radius 3 is 2.15 bits per heavy atom. The van der Waals surface area contributed by atoms with Gasteiger partial charge in [0.05, 0.1) is 12.6 Å². The number of nitrogens with one attached hydrogen (secondary N) is 2. The number of carbonyl (C=O) groups excluding carboxylic acids is 5. The standard InChI is InChI=1S/C22H36N4O7/c1-21(2,3)15(25-20(31)33-22(4,5)6)18(30)26-9-10-32-19(26)17(29)24-13(11-12-7-8-12)14(27)16(23)28/h12-13,15,19H,7-11H2,1-6H3,(H2,23,28)(H,24,29)(H,25,31). The van der Waals surface area contributed by atoms with Gasteiger partial charge in [0, 0.05) is 6.54 Å². The van der Waals surface area contributed by atoms with Crippen molar-refractivity contribution in [3.63, 3.8) is 0 Å². The molecular formula is C22H36N4O7. The Bertz CT molecular complexity index is 796. The van der Waals surface area contributed by atoms with E-state index in [2.05, 4.69) is 10.6 Å². The Labute approximate surface area is 194 Å². The minimum absolute atomic E-state index is 0.101. The molecule has 0 radical (unpaired) electrons. The number of rotatable bonds is 8. The summed E-state index contributed by atoms with van der Waals surface area (Å²) in [6.07, 6.45) is 0.0663. The zero-order valence-corrected chi connectivity index (χ0v) is 20.2. The number of alkyl carbamates (subject to hydrolysis) is 1. The van der Waals surface area contributed by atoms with E-state index in [9.17, 15) is 24.0 Å². The number of ether oxygens (including phenoxy) is 2. The van der Waals surface area contributed by atoms with E-state index in [0.717, 1.165) is 12.8 Å². The monoisotopic (exact) mass is 468 g/mol. The Kier molecular flexibility index (Phi) is 8.10. The minimum Gasteiger partial charge on any atom is -0.444 e. The number of ketones is 1. The van der Waals surface area contributed by atoms with E-state index in [0.29, 0.717) is 6.42 Å². The molecule has 0 spiro atoms. The van der Waals surface area contributed by atoms with E-state index in [4.69, 9.17) is 15.2 Å². The van der Waals surface area contributed by atoms with Crippen LogP contribution < -0.4 is 16.4 Å². The smallest absolute Gasteiger partial charge is 0.408 e. The van der Waals surface area contributed by atoms with Crippen LogP contribution in [0.25, 0.3) is 0 Å². The second kappa shape index (κ2) is 10.1. The fourth-order valence-electron chi connectivity index (χ4n) is 3.49. The number of nitrogens with two attached hydrogens (primary N) is 1. The summed E-state index contributed by atoms with van der Waals surface area (Å²) in [5.41, 5.74) is 3.68. The molecule has 186 valence electrons.